The molecule has 3 aromatic carbocycles. The summed E-state index contributed by atoms with van der Waals surface area (Å²) in [5.74, 6) is -0.373. The zero-order chi connectivity index (χ0) is 17.6. The van der Waals surface area contributed by atoms with E-state index in [-0.39, 0.29) is 17.0 Å². The third-order valence-electron chi connectivity index (χ3n) is 3.79. The SMILES string of the molecule is O=C(C(=Cc1ccccc1)c1ccccc1)c1ccccc1[N+](=O)[O-]. The summed E-state index contributed by atoms with van der Waals surface area (Å²) in [7, 11) is 0. The molecule has 0 heterocycles. The van der Waals surface area contributed by atoms with Crippen LogP contribution in [0.2, 0.25) is 0 Å². The molecule has 0 unspecified atom stereocenters. The van der Waals surface area contributed by atoms with Gasteiger partial charge in [0.2, 0.25) is 5.78 Å². The van der Waals surface area contributed by atoms with Gasteiger partial charge in [-0.05, 0) is 23.3 Å². The number of hydrogen-bond donors (Lipinski definition) is 0. The Kier molecular flexibility index (Phi) is 4.81. The lowest BCUT2D eigenvalue weighted by Crippen LogP contribution is -2.06. The molecule has 0 spiro atoms. The molecule has 0 aliphatic rings. The van der Waals surface area contributed by atoms with Crippen LogP contribution in [0.25, 0.3) is 11.6 Å². The minimum atomic E-state index is -0.529. The van der Waals surface area contributed by atoms with Gasteiger partial charge >= 0.3 is 0 Å². The second kappa shape index (κ2) is 7.36. The highest BCUT2D eigenvalue weighted by Crippen LogP contribution is 2.27. The minimum absolute atomic E-state index is 0.0820. The van der Waals surface area contributed by atoms with Crippen LogP contribution in [0.3, 0.4) is 0 Å². The van der Waals surface area contributed by atoms with E-state index in [0.717, 1.165) is 11.1 Å². The molecule has 0 aliphatic heterocycles. The summed E-state index contributed by atoms with van der Waals surface area (Å²) in [5, 5.41) is 11.3. The number of benzene rings is 3. The Balaban J connectivity index is 2.15. The standard InChI is InChI=1S/C21H15NO3/c23-21(18-13-7-8-14-20(18)22(24)25)19(17-11-5-2-6-12-17)15-16-9-3-1-4-10-16/h1-15H. The maximum absolute atomic E-state index is 13.1. The topological polar surface area (TPSA) is 60.2 Å². The second-order valence-corrected chi connectivity index (χ2v) is 5.44. The van der Waals surface area contributed by atoms with Crippen LogP contribution in [0.4, 0.5) is 5.69 Å². The van der Waals surface area contributed by atoms with Crippen LogP contribution in [-0.2, 0) is 0 Å². The Labute approximate surface area is 145 Å². The lowest BCUT2D eigenvalue weighted by Gasteiger charge is -2.08. The van der Waals surface area contributed by atoms with Crippen LogP contribution in [0.1, 0.15) is 21.5 Å². The van der Waals surface area contributed by atoms with Gasteiger partial charge in [-0.2, -0.15) is 0 Å². The summed E-state index contributed by atoms with van der Waals surface area (Å²) in [5.41, 5.74) is 1.88. The number of hydrogen-bond acceptors (Lipinski definition) is 3. The van der Waals surface area contributed by atoms with E-state index in [0.29, 0.717) is 5.57 Å². The summed E-state index contributed by atoms with van der Waals surface area (Å²) in [6.07, 6.45) is 1.76. The summed E-state index contributed by atoms with van der Waals surface area (Å²) in [6.45, 7) is 0. The van der Waals surface area contributed by atoms with Crippen LogP contribution in [0.5, 0.6) is 0 Å². The minimum Gasteiger partial charge on any atom is -0.288 e. The van der Waals surface area contributed by atoms with Crippen LogP contribution in [0, 0.1) is 10.1 Å². The molecule has 3 rings (SSSR count). The van der Waals surface area contributed by atoms with Gasteiger partial charge < -0.3 is 0 Å². The molecule has 0 amide bonds. The molecule has 0 radical (unpaired) electrons. The van der Waals surface area contributed by atoms with E-state index >= 15 is 0 Å². The van der Waals surface area contributed by atoms with Gasteiger partial charge in [0.25, 0.3) is 5.69 Å². The van der Waals surface area contributed by atoms with Crippen molar-refractivity contribution in [1.29, 1.82) is 0 Å². The largest absolute Gasteiger partial charge is 0.288 e. The van der Waals surface area contributed by atoms with Gasteiger partial charge in [-0.1, -0.05) is 72.8 Å². The van der Waals surface area contributed by atoms with Crippen molar-refractivity contribution < 1.29 is 9.72 Å². The summed E-state index contributed by atoms with van der Waals surface area (Å²) in [6, 6.07) is 24.6. The van der Waals surface area contributed by atoms with Gasteiger partial charge in [0.05, 0.1) is 4.92 Å². The summed E-state index contributed by atoms with van der Waals surface area (Å²) in [4.78, 5) is 23.9. The lowest BCUT2D eigenvalue weighted by atomic mass is 9.94. The van der Waals surface area contributed by atoms with E-state index in [1.807, 2.05) is 60.7 Å². The highest BCUT2D eigenvalue weighted by molar-refractivity contribution is 6.33. The Bertz CT molecular complexity index is 932. The predicted molar refractivity (Wildman–Crippen MR) is 98.2 cm³/mol. The zero-order valence-electron chi connectivity index (χ0n) is 13.3. The zero-order valence-corrected chi connectivity index (χ0v) is 13.3. The van der Waals surface area contributed by atoms with E-state index in [1.54, 1.807) is 18.2 Å². The average molecular weight is 329 g/mol. The fraction of sp³-hybridized carbons (Fsp3) is 0. The number of nitrogens with zero attached hydrogens (tertiary/aromatic N) is 1. The highest BCUT2D eigenvalue weighted by Gasteiger charge is 2.23. The Morgan fingerprint density at radius 1 is 0.800 bits per heavy atom. The van der Waals surface area contributed by atoms with Gasteiger partial charge in [0.1, 0.15) is 5.56 Å². The maximum atomic E-state index is 13.1. The van der Waals surface area contributed by atoms with Crippen molar-refractivity contribution in [2.24, 2.45) is 0 Å². The Morgan fingerprint density at radius 3 is 2.00 bits per heavy atom. The van der Waals surface area contributed by atoms with Gasteiger partial charge in [0, 0.05) is 11.6 Å². The first-order chi connectivity index (χ1) is 12.2. The monoisotopic (exact) mass is 329 g/mol. The van der Waals surface area contributed by atoms with Crippen molar-refractivity contribution in [1.82, 2.24) is 0 Å². The molecule has 0 fully saturated rings. The number of para-hydroxylation sites is 1. The predicted octanol–water partition coefficient (Wildman–Crippen LogP) is 5.02. The molecular formula is C21H15NO3. The number of carbonyl (C=O) groups is 1. The third kappa shape index (κ3) is 3.70. The number of rotatable bonds is 5. The number of allylic oxidation sites excluding steroid dienone is 1. The number of carbonyl (C=O) groups excluding carboxylic acids is 1. The van der Waals surface area contributed by atoms with Crippen molar-refractivity contribution >= 4 is 23.1 Å². The van der Waals surface area contributed by atoms with E-state index < -0.39 is 4.92 Å². The van der Waals surface area contributed by atoms with Gasteiger partial charge in [-0.25, -0.2) is 0 Å². The molecule has 0 bridgehead atoms. The van der Waals surface area contributed by atoms with Crippen molar-refractivity contribution in [2.45, 2.75) is 0 Å². The van der Waals surface area contributed by atoms with E-state index in [2.05, 4.69) is 0 Å². The molecule has 25 heavy (non-hydrogen) atoms. The number of nitro benzene ring substituents is 1. The highest BCUT2D eigenvalue weighted by atomic mass is 16.6. The van der Waals surface area contributed by atoms with Crippen LogP contribution >= 0.6 is 0 Å². The van der Waals surface area contributed by atoms with Crippen molar-refractivity contribution in [3.63, 3.8) is 0 Å². The molecule has 4 nitrogen and oxygen atoms in total. The fourth-order valence-corrected chi connectivity index (χ4v) is 2.58. The molecule has 0 aromatic heterocycles. The Morgan fingerprint density at radius 2 is 1.36 bits per heavy atom. The van der Waals surface area contributed by atoms with E-state index in [4.69, 9.17) is 0 Å². The van der Waals surface area contributed by atoms with Gasteiger partial charge in [-0.15, -0.1) is 0 Å². The number of Topliss-reactive ketones (excluding diaryl/α,β-unsaturated/α-hetero) is 1. The second-order valence-electron chi connectivity index (χ2n) is 5.44. The maximum Gasteiger partial charge on any atom is 0.280 e. The molecule has 3 aromatic rings. The fourth-order valence-electron chi connectivity index (χ4n) is 2.58. The smallest absolute Gasteiger partial charge is 0.280 e. The van der Waals surface area contributed by atoms with Crippen LogP contribution in [-0.4, -0.2) is 10.7 Å². The first-order valence-corrected chi connectivity index (χ1v) is 7.77. The van der Waals surface area contributed by atoms with Crippen LogP contribution in [0.15, 0.2) is 84.9 Å². The normalized spacial score (nSPS) is 11.1. The van der Waals surface area contributed by atoms with E-state index in [1.165, 1.54) is 12.1 Å². The lowest BCUT2D eigenvalue weighted by molar-refractivity contribution is -0.385. The molecule has 0 atom stereocenters. The van der Waals surface area contributed by atoms with Crippen molar-refractivity contribution in [3.8, 4) is 0 Å². The molecule has 0 saturated heterocycles. The van der Waals surface area contributed by atoms with Crippen molar-refractivity contribution in [2.75, 3.05) is 0 Å². The van der Waals surface area contributed by atoms with Gasteiger partial charge in [0.15, 0.2) is 0 Å². The Hall–Kier alpha value is -3.53. The average Bonchev–Trinajstić information content (AvgIpc) is 2.67. The molecule has 0 N–H and O–H groups in total. The number of ketones is 1. The molecule has 4 heteroatoms. The first kappa shape index (κ1) is 16.3. The summed E-state index contributed by atoms with van der Waals surface area (Å²) >= 11 is 0. The van der Waals surface area contributed by atoms with Crippen LogP contribution < -0.4 is 0 Å². The molecule has 122 valence electrons. The molecular weight excluding hydrogens is 314 g/mol. The third-order valence-corrected chi connectivity index (χ3v) is 3.79. The molecule has 0 aliphatic carbocycles. The van der Waals surface area contributed by atoms with E-state index in [9.17, 15) is 14.9 Å². The van der Waals surface area contributed by atoms with Crippen molar-refractivity contribution in [3.05, 3.63) is 112 Å². The first-order valence-electron chi connectivity index (χ1n) is 7.77. The van der Waals surface area contributed by atoms with Gasteiger partial charge in [-0.3, -0.25) is 14.9 Å². The summed E-state index contributed by atoms with van der Waals surface area (Å²) < 4.78 is 0. The quantitative estimate of drug-likeness (QED) is 0.217. The number of nitro groups is 1. The molecule has 0 saturated carbocycles.